The van der Waals surface area contributed by atoms with E-state index in [0.717, 1.165) is 108 Å². The van der Waals surface area contributed by atoms with Crippen LogP contribution < -0.4 is 0 Å². The van der Waals surface area contributed by atoms with Crippen LogP contribution in [0.2, 0.25) is 0 Å². The smallest absolute Gasteiger partial charge is 0.462 e. The third-order valence-electron chi connectivity index (χ3n) is 17.2. The molecule has 0 aliphatic carbocycles. The van der Waals surface area contributed by atoms with Gasteiger partial charge in [-0.25, -0.2) is 9.13 Å². The van der Waals surface area contributed by atoms with Gasteiger partial charge in [-0.15, -0.1) is 0 Å². The maximum Gasteiger partial charge on any atom is 0.472 e. The van der Waals surface area contributed by atoms with Crippen LogP contribution in [-0.4, -0.2) is 96.7 Å². The Morgan fingerprint density at radius 2 is 0.554 bits per heavy atom. The van der Waals surface area contributed by atoms with Gasteiger partial charge in [-0.1, -0.05) is 318 Å². The van der Waals surface area contributed by atoms with E-state index in [2.05, 4.69) is 48.5 Å². The number of phosphoric ester groups is 2. The molecule has 6 atom stereocenters. The highest BCUT2D eigenvalue weighted by Crippen LogP contribution is 2.45. The molecule has 0 aromatic heterocycles. The predicted molar refractivity (Wildman–Crippen MR) is 372 cm³/mol. The van der Waals surface area contributed by atoms with Crippen molar-refractivity contribution in [3.8, 4) is 0 Å². The Kier molecular flexibility index (Phi) is 62.4. The molecule has 92 heavy (non-hydrogen) atoms. The molecular formula is C73H142O17P2. The number of unbranched alkanes of at least 4 members (excludes halogenated alkanes) is 38. The summed E-state index contributed by atoms with van der Waals surface area (Å²) in [6, 6.07) is 0. The van der Waals surface area contributed by atoms with Crippen LogP contribution in [0.3, 0.4) is 0 Å². The Morgan fingerprint density at radius 1 is 0.315 bits per heavy atom. The number of hydrogen-bond donors (Lipinski definition) is 3. The number of esters is 4. The van der Waals surface area contributed by atoms with Crippen LogP contribution >= 0.6 is 15.6 Å². The van der Waals surface area contributed by atoms with Crippen molar-refractivity contribution < 1.29 is 80.2 Å². The highest BCUT2D eigenvalue weighted by molar-refractivity contribution is 7.47. The normalized spacial score (nSPS) is 14.4. The Bertz CT molecular complexity index is 1800. The summed E-state index contributed by atoms with van der Waals surface area (Å²) in [5, 5.41) is 10.6. The first kappa shape index (κ1) is 90.1. The first-order valence-electron chi connectivity index (χ1n) is 37.9. The monoisotopic (exact) mass is 1350 g/mol. The van der Waals surface area contributed by atoms with Crippen molar-refractivity contribution in [1.82, 2.24) is 0 Å². The number of phosphoric acid groups is 2. The van der Waals surface area contributed by atoms with Gasteiger partial charge in [-0.2, -0.15) is 0 Å². The summed E-state index contributed by atoms with van der Waals surface area (Å²) >= 11 is 0. The molecule has 0 radical (unpaired) electrons. The zero-order valence-electron chi connectivity index (χ0n) is 60.0. The lowest BCUT2D eigenvalue weighted by Gasteiger charge is -2.21. The molecule has 3 unspecified atom stereocenters. The van der Waals surface area contributed by atoms with Crippen molar-refractivity contribution in [3.05, 3.63) is 0 Å². The zero-order valence-corrected chi connectivity index (χ0v) is 61.8. The molecule has 0 saturated carbocycles. The van der Waals surface area contributed by atoms with Gasteiger partial charge >= 0.3 is 39.5 Å². The van der Waals surface area contributed by atoms with Crippen LogP contribution in [0.1, 0.15) is 370 Å². The first-order valence-corrected chi connectivity index (χ1v) is 40.9. The molecule has 0 saturated heterocycles. The second-order valence-corrected chi connectivity index (χ2v) is 30.4. The molecule has 0 amide bonds. The highest BCUT2D eigenvalue weighted by atomic mass is 31.2. The number of ether oxygens (including phenoxy) is 4. The maximum absolute atomic E-state index is 13.1. The molecule has 17 nitrogen and oxygen atoms in total. The standard InChI is InChI=1S/C73H142O17P2/c1-8-10-11-12-13-14-15-16-17-18-19-22-26-29-32-42-49-56-72(77)89-68(60-83-70(75)54-47-40-31-28-25-23-20-21-24-27-30-37-44-51-64(3)4)62-87-91(79,80)85-58-67(74)59-86-92(81,82)88-63-69(61-84-71(76)55-48-41-35-33-38-45-52-65(5)6)90-73(78)57-50-43-36-34-39-46-53-66(7)9-2/h64-69,74H,8-63H2,1-7H3,(H,79,80)(H,81,82)/t66?,67-,68-,69-/m1/s1. The second kappa shape index (κ2) is 63.8. The topological polar surface area (TPSA) is 237 Å². The number of rotatable bonds is 71. The molecule has 546 valence electrons. The predicted octanol–water partition coefficient (Wildman–Crippen LogP) is 21.0. The zero-order chi connectivity index (χ0) is 68.0. The molecule has 0 spiro atoms. The van der Waals surface area contributed by atoms with E-state index in [1.807, 2.05) is 0 Å². The van der Waals surface area contributed by atoms with Crippen molar-refractivity contribution in [2.75, 3.05) is 39.6 Å². The quantitative estimate of drug-likeness (QED) is 0.0222. The third kappa shape index (κ3) is 65.4. The van der Waals surface area contributed by atoms with Gasteiger partial charge in [0.1, 0.15) is 19.3 Å². The largest absolute Gasteiger partial charge is 0.472 e. The van der Waals surface area contributed by atoms with Gasteiger partial charge in [-0.3, -0.25) is 37.3 Å². The highest BCUT2D eigenvalue weighted by Gasteiger charge is 2.30. The second-order valence-electron chi connectivity index (χ2n) is 27.5. The van der Waals surface area contributed by atoms with Gasteiger partial charge < -0.3 is 33.8 Å². The van der Waals surface area contributed by atoms with Crippen molar-refractivity contribution in [1.29, 1.82) is 0 Å². The van der Waals surface area contributed by atoms with E-state index < -0.39 is 97.5 Å². The molecule has 0 aliphatic rings. The molecular weight excluding hydrogens is 1210 g/mol. The molecule has 3 N–H and O–H groups in total. The van der Waals surface area contributed by atoms with E-state index in [-0.39, 0.29) is 25.7 Å². The van der Waals surface area contributed by atoms with Crippen LogP contribution in [0.15, 0.2) is 0 Å². The molecule has 0 fully saturated rings. The minimum absolute atomic E-state index is 0.102. The van der Waals surface area contributed by atoms with Crippen LogP contribution in [0.5, 0.6) is 0 Å². The number of aliphatic hydroxyl groups excluding tert-OH is 1. The van der Waals surface area contributed by atoms with E-state index >= 15 is 0 Å². The maximum atomic E-state index is 13.1. The molecule has 0 aromatic carbocycles. The third-order valence-corrected chi connectivity index (χ3v) is 19.1. The van der Waals surface area contributed by atoms with Crippen LogP contribution in [0, 0.1) is 17.8 Å². The lowest BCUT2D eigenvalue weighted by Crippen LogP contribution is -2.30. The van der Waals surface area contributed by atoms with Gasteiger partial charge in [0.25, 0.3) is 0 Å². The number of hydrogen-bond acceptors (Lipinski definition) is 15. The van der Waals surface area contributed by atoms with Crippen LogP contribution in [0.25, 0.3) is 0 Å². The van der Waals surface area contributed by atoms with Gasteiger partial charge in [0.2, 0.25) is 0 Å². The molecule has 0 aromatic rings. The lowest BCUT2D eigenvalue weighted by atomic mass is 10.00. The Hall–Kier alpha value is -1.94. The first-order chi connectivity index (χ1) is 44.3. The summed E-state index contributed by atoms with van der Waals surface area (Å²) < 4.78 is 68.3. The summed E-state index contributed by atoms with van der Waals surface area (Å²) in [5.74, 6) is 0.0643. The minimum Gasteiger partial charge on any atom is -0.462 e. The Balaban J connectivity index is 5.23. The molecule has 0 heterocycles. The Labute approximate surface area is 562 Å². The molecule has 0 aliphatic heterocycles. The fourth-order valence-corrected chi connectivity index (χ4v) is 12.6. The van der Waals surface area contributed by atoms with Gasteiger partial charge in [0, 0.05) is 25.7 Å². The van der Waals surface area contributed by atoms with Gasteiger partial charge in [0.15, 0.2) is 12.2 Å². The van der Waals surface area contributed by atoms with Gasteiger partial charge in [0.05, 0.1) is 26.4 Å². The summed E-state index contributed by atoms with van der Waals surface area (Å²) in [7, 11) is -9.90. The average Bonchev–Trinajstić information content (AvgIpc) is 1.86. The summed E-state index contributed by atoms with van der Waals surface area (Å²) in [6.45, 7) is 11.8. The fourth-order valence-electron chi connectivity index (χ4n) is 11.0. The van der Waals surface area contributed by atoms with Crippen molar-refractivity contribution >= 4 is 39.5 Å². The van der Waals surface area contributed by atoms with Crippen molar-refractivity contribution in [2.24, 2.45) is 17.8 Å². The molecule has 0 bridgehead atoms. The van der Waals surface area contributed by atoms with Crippen molar-refractivity contribution in [3.63, 3.8) is 0 Å². The van der Waals surface area contributed by atoms with Crippen LogP contribution in [-0.2, 0) is 65.4 Å². The summed E-state index contributed by atoms with van der Waals surface area (Å²) in [5.41, 5.74) is 0. The molecule has 19 heteroatoms. The SMILES string of the molecule is CCCCCCCCCCCCCCCCCCCC(=O)O[C@H](COC(=O)CCCCCCCCCCCCCCCC(C)C)COP(=O)(O)OC[C@@H](O)COP(=O)(O)OC[C@@H](COC(=O)CCCCCCCCC(C)C)OC(=O)CCCCCCCCC(C)CC. The average molecular weight is 1350 g/mol. The number of aliphatic hydroxyl groups is 1. The van der Waals surface area contributed by atoms with E-state index in [4.69, 9.17) is 37.0 Å². The van der Waals surface area contributed by atoms with Crippen molar-refractivity contribution in [2.45, 2.75) is 388 Å². The van der Waals surface area contributed by atoms with E-state index in [1.165, 1.54) is 173 Å². The lowest BCUT2D eigenvalue weighted by molar-refractivity contribution is -0.161. The molecule has 0 rings (SSSR count). The van der Waals surface area contributed by atoms with E-state index in [1.54, 1.807) is 0 Å². The summed E-state index contributed by atoms with van der Waals surface area (Å²) in [6.07, 6.45) is 48.8. The van der Waals surface area contributed by atoms with E-state index in [9.17, 15) is 43.2 Å². The minimum atomic E-state index is -4.96. The Morgan fingerprint density at radius 3 is 0.826 bits per heavy atom. The van der Waals surface area contributed by atoms with Crippen LogP contribution in [0.4, 0.5) is 0 Å². The van der Waals surface area contributed by atoms with E-state index in [0.29, 0.717) is 31.6 Å². The number of carbonyl (C=O) groups excluding carboxylic acids is 4. The summed E-state index contributed by atoms with van der Waals surface area (Å²) in [4.78, 5) is 72.6. The van der Waals surface area contributed by atoms with Gasteiger partial charge in [-0.05, 0) is 43.4 Å². The fraction of sp³-hybridized carbons (Fsp3) is 0.945. The number of carbonyl (C=O) groups is 4.